The van der Waals surface area contributed by atoms with Crippen molar-refractivity contribution in [1.29, 1.82) is 0 Å². The summed E-state index contributed by atoms with van der Waals surface area (Å²) in [6, 6.07) is -2.76. The first-order valence-corrected chi connectivity index (χ1v) is 14.7. The first kappa shape index (κ1) is 29.3. The van der Waals surface area contributed by atoms with Crippen LogP contribution < -0.4 is 21.3 Å². The minimum atomic E-state index is -0.916. The van der Waals surface area contributed by atoms with Crippen LogP contribution in [0.5, 0.6) is 0 Å². The van der Waals surface area contributed by atoms with Gasteiger partial charge in [-0.1, -0.05) is 66.7 Å². The molecule has 4 aliphatic rings. The normalized spacial score (nSPS) is 27.5. The second-order valence-electron chi connectivity index (χ2n) is 13.8. The average molecular weight is 546 g/mol. The van der Waals surface area contributed by atoms with E-state index in [9.17, 15) is 24.0 Å². The molecule has 0 bridgehead atoms. The van der Waals surface area contributed by atoms with Gasteiger partial charge >= 0.3 is 6.03 Å². The Bertz CT molecular complexity index is 995. The van der Waals surface area contributed by atoms with E-state index in [0.29, 0.717) is 18.9 Å². The SMILES string of the molecule is CNC(=O)C(=O)C(CC1CC1)NC(=O)[C@@H]1[C@@H]2C(CN1C(=O)C(NC(=O)NC1CCCCC1)C(C)(C)C)C2(C)C. The molecule has 3 unspecified atom stereocenters. The fourth-order valence-corrected chi connectivity index (χ4v) is 6.69. The number of amides is 5. The number of carbonyl (C=O) groups excluding carboxylic acids is 5. The fourth-order valence-electron chi connectivity index (χ4n) is 6.69. The highest BCUT2D eigenvalue weighted by Gasteiger charge is 2.70. The maximum Gasteiger partial charge on any atom is 0.315 e. The third kappa shape index (κ3) is 6.40. The molecule has 0 spiro atoms. The topological polar surface area (TPSA) is 137 Å². The van der Waals surface area contributed by atoms with E-state index < -0.39 is 41.1 Å². The van der Waals surface area contributed by atoms with Crippen molar-refractivity contribution in [3.63, 3.8) is 0 Å². The van der Waals surface area contributed by atoms with Crippen molar-refractivity contribution < 1.29 is 24.0 Å². The number of urea groups is 1. The molecular formula is C29H47N5O5. The Morgan fingerprint density at radius 2 is 1.59 bits per heavy atom. The minimum Gasteiger partial charge on any atom is -0.353 e. The number of nitrogens with zero attached hydrogens (tertiary/aromatic N) is 1. The van der Waals surface area contributed by atoms with Gasteiger partial charge < -0.3 is 26.2 Å². The lowest BCUT2D eigenvalue weighted by molar-refractivity contribution is -0.145. The number of Topliss-reactive ketones (excluding diaryl/α,β-unsaturated/α-hetero) is 1. The predicted molar refractivity (Wildman–Crippen MR) is 146 cm³/mol. The summed E-state index contributed by atoms with van der Waals surface area (Å²) < 4.78 is 0. The molecule has 0 aromatic heterocycles. The third-order valence-corrected chi connectivity index (χ3v) is 9.44. The zero-order valence-corrected chi connectivity index (χ0v) is 24.4. The number of piperidine rings is 1. The Labute approximate surface area is 232 Å². The van der Waals surface area contributed by atoms with Gasteiger partial charge in [-0.05, 0) is 47.8 Å². The molecule has 5 atom stereocenters. The Hall–Kier alpha value is -2.65. The van der Waals surface area contributed by atoms with Gasteiger partial charge in [0.15, 0.2) is 0 Å². The van der Waals surface area contributed by atoms with Crippen molar-refractivity contribution in [2.24, 2.45) is 28.6 Å². The smallest absolute Gasteiger partial charge is 0.315 e. The number of likely N-dealkylation sites (N-methyl/N-ethyl adjacent to an activating group) is 1. The molecule has 10 nitrogen and oxygen atoms in total. The molecule has 10 heteroatoms. The van der Waals surface area contributed by atoms with Crippen molar-refractivity contribution in [3.05, 3.63) is 0 Å². The molecular weight excluding hydrogens is 498 g/mol. The summed E-state index contributed by atoms with van der Waals surface area (Å²) in [5.74, 6) is -1.66. The van der Waals surface area contributed by atoms with Gasteiger partial charge in [-0.3, -0.25) is 19.2 Å². The van der Waals surface area contributed by atoms with Crippen LogP contribution in [-0.4, -0.2) is 72.2 Å². The maximum atomic E-state index is 14.0. The van der Waals surface area contributed by atoms with Gasteiger partial charge in [0.25, 0.3) is 5.91 Å². The maximum absolute atomic E-state index is 14.0. The Morgan fingerprint density at radius 3 is 2.15 bits per heavy atom. The van der Waals surface area contributed by atoms with E-state index in [4.69, 9.17) is 0 Å². The largest absolute Gasteiger partial charge is 0.353 e. The number of ketones is 1. The van der Waals surface area contributed by atoms with Gasteiger partial charge in [0, 0.05) is 19.6 Å². The van der Waals surface area contributed by atoms with E-state index >= 15 is 0 Å². The minimum absolute atomic E-state index is 0.0465. The summed E-state index contributed by atoms with van der Waals surface area (Å²) >= 11 is 0. The van der Waals surface area contributed by atoms with Crippen LogP contribution in [0.4, 0.5) is 4.79 Å². The molecule has 3 saturated carbocycles. The van der Waals surface area contributed by atoms with Crippen LogP contribution in [0.1, 0.15) is 86.0 Å². The van der Waals surface area contributed by atoms with E-state index in [1.165, 1.54) is 13.5 Å². The summed E-state index contributed by atoms with van der Waals surface area (Å²) in [4.78, 5) is 67.3. The molecule has 4 N–H and O–H groups in total. The lowest BCUT2D eigenvalue weighted by Crippen LogP contribution is -2.61. The second kappa shape index (κ2) is 11.1. The average Bonchev–Trinajstić information content (AvgIpc) is 3.73. The van der Waals surface area contributed by atoms with E-state index in [1.807, 2.05) is 20.8 Å². The summed E-state index contributed by atoms with van der Waals surface area (Å²) in [7, 11) is 1.40. The van der Waals surface area contributed by atoms with Crippen molar-refractivity contribution in [2.45, 2.75) is 110 Å². The standard InChI is InChI=1S/C29H47N5O5/c1-28(2,3)23(33-27(39)31-17-10-8-7-9-11-17)26(38)34-15-18-20(29(18,4)5)21(34)24(36)32-19(14-16-12-13-16)22(35)25(37)30-6/h16-21,23H,7-15H2,1-6H3,(H,30,37)(H,32,36)(H2,31,33,39)/t18?,19?,20-,21-,23?/m0/s1. The molecule has 5 amide bonds. The Morgan fingerprint density at radius 1 is 0.949 bits per heavy atom. The molecule has 1 heterocycles. The second-order valence-corrected chi connectivity index (χ2v) is 13.8. The number of nitrogens with one attached hydrogen (secondary N) is 4. The molecule has 0 radical (unpaired) electrons. The number of rotatable bonds is 9. The summed E-state index contributed by atoms with van der Waals surface area (Å²) in [5, 5.41) is 11.2. The van der Waals surface area contributed by atoms with Gasteiger partial charge in [-0.25, -0.2) is 4.79 Å². The summed E-state index contributed by atoms with van der Waals surface area (Å²) in [5.41, 5.74) is -0.702. The monoisotopic (exact) mass is 545 g/mol. The molecule has 4 fully saturated rings. The van der Waals surface area contributed by atoms with Crippen LogP contribution in [-0.2, 0) is 19.2 Å². The number of likely N-dealkylation sites (tertiary alicyclic amines) is 1. The van der Waals surface area contributed by atoms with Crippen LogP contribution in [0.2, 0.25) is 0 Å². The zero-order valence-electron chi connectivity index (χ0n) is 24.4. The fraction of sp³-hybridized carbons (Fsp3) is 0.828. The van der Waals surface area contributed by atoms with Crippen LogP contribution in [0, 0.1) is 28.6 Å². The first-order valence-electron chi connectivity index (χ1n) is 14.7. The van der Waals surface area contributed by atoms with Gasteiger partial charge in [0.05, 0.1) is 6.04 Å². The highest BCUT2D eigenvalue weighted by molar-refractivity contribution is 6.38. The number of fused-ring (bicyclic) bond motifs is 1. The Kier molecular flexibility index (Phi) is 8.34. The highest BCUT2D eigenvalue weighted by Crippen LogP contribution is 2.65. The van der Waals surface area contributed by atoms with Crippen LogP contribution in [0.3, 0.4) is 0 Å². The molecule has 39 heavy (non-hydrogen) atoms. The molecule has 4 rings (SSSR count). The van der Waals surface area contributed by atoms with Crippen molar-refractivity contribution in [1.82, 2.24) is 26.2 Å². The van der Waals surface area contributed by atoms with Crippen LogP contribution in [0.25, 0.3) is 0 Å². The van der Waals surface area contributed by atoms with Crippen molar-refractivity contribution >= 4 is 29.5 Å². The van der Waals surface area contributed by atoms with Crippen molar-refractivity contribution in [3.8, 4) is 0 Å². The number of hydrogen-bond donors (Lipinski definition) is 4. The van der Waals surface area contributed by atoms with E-state index in [-0.39, 0.29) is 35.2 Å². The van der Waals surface area contributed by atoms with Gasteiger partial charge in [0.1, 0.15) is 12.1 Å². The lowest BCUT2D eigenvalue weighted by atomic mass is 9.85. The van der Waals surface area contributed by atoms with Gasteiger partial charge in [0.2, 0.25) is 17.6 Å². The van der Waals surface area contributed by atoms with E-state index in [0.717, 1.165) is 38.5 Å². The molecule has 218 valence electrons. The number of hydrogen-bond acceptors (Lipinski definition) is 5. The van der Waals surface area contributed by atoms with Crippen LogP contribution >= 0.6 is 0 Å². The van der Waals surface area contributed by atoms with Crippen molar-refractivity contribution in [2.75, 3.05) is 13.6 Å². The highest BCUT2D eigenvalue weighted by atomic mass is 16.2. The molecule has 1 saturated heterocycles. The van der Waals surface area contributed by atoms with Gasteiger partial charge in [-0.2, -0.15) is 0 Å². The Balaban J connectivity index is 1.51. The molecule has 0 aromatic carbocycles. The quantitative estimate of drug-likeness (QED) is 0.329. The summed E-state index contributed by atoms with van der Waals surface area (Å²) in [6.45, 7) is 10.3. The predicted octanol–water partition coefficient (Wildman–Crippen LogP) is 2.12. The first-order chi connectivity index (χ1) is 18.3. The van der Waals surface area contributed by atoms with Crippen LogP contribution in [0.15, 0.2) is 0 Å². The zero-order chi connectivity index (χ0) is 28.7. The van der Waals surface area contributed by atoms with E-state index in [2.05, 4.69) is 35.1 Å². The third-order valence-electron chi connectivity index (χ3n) is 9.44. The van der Waals surface area contributed by atoms with Gasteiger partial charge in [-0.15, -0.1) is 0 Å². The summed E-state index contributed by atoms with van der Waals surface area (Å²) in [6.07, 6.45) is 7.58. The molecule has 0 aromatic rings. The molecule has 1 aliphatic heterocycles. The lowest BCUT2D eigenvalue weighted by Gasteiger charge is -2.38. The van der Waals surface area contributed by atoms with E-state index in [1.54, 1.807) is 4.90 Å². The number of carbonyl (C=O) groups is 5. The molecule has 3 aliphatic carbocycles.